The molecule has 1 fully saturated rings. The summed E-state index contributed by atoms with van der Waals surface area (Å²) in [7, 11) is 0. The summed E-state index contributed by atoms with van der Waals surface area (Å²) in [5.41, 5.74) is 0.0666. The number of carbonyl (C=O) groups excluding carboxylic acids is 1. The second kappa shape index (κ2) is 10.5. The number of hydrogen-bond donors (Lipinski definition) is 0. The molecule has 1 aromatic rings. The Balaban J connectivity index is 2.32. The van der Waals surface area contributed by atoms with Gasteiger partial charge in [-0.15, -0.1) is 0 Å². The molecule has 5 atom stereocenters. The number of nitrogens with zero attached hydrogens (tertiary/aromatic N) is 1. The molecule has 1 heterocycles. The molecule has 1 aromatic carbocycles. The molecular formula is C21H26F3NO5. The van der Waals surface area contributed by atoms with Crippen LogP contribution in [0, 0.1) is 11.8 Å². The lowest BCUT2D eigenvalue weighted by atomic mass is 9.82. The van der Waals surface area contributed by atoms with Crippen molar-refractivity contribution < 1.29 is 36.9 Å². The van der Waals surface area contributed by atoms with Crippen LogP contribution in [-0.2, 0) is 18.9 Å². The van der Waals surface area contributed by atoms with Crippen LogP contribution in [0.4, 0.5) is 23.7 Å². The molecule has 1 aliphatic rings. The Kier molecular flexibility index (Phi) is 8.28. The maximum atomic E-state index is 13.6. The van der Waals surface area contributed by atoms with Crippen LogP contribution >= 0.6 is 0 Å². The molecule has 2 unspecified atom stereocenters. The minimum atomic E-state index is -4.87. The van der Waals surface area contributed by atoms with E-state index < -0.39 is 30.6 Å². The molecule has 0 bridgehead atoms. The molecule has 0 spiro atoms. The maximum absolute atomic E-state index is 13.6. The number of alkyl halides is 3. The van der Waals surface area contributed by atoms with Gasteiger partial charge in [0.2, 0.25) is 6.29 Å². The summed E-state index contributed by atoms with van der Waals surface area (Å²) in [4.78, 5) is 15.5. The van der Waals surface area contributed by atoms with E-state index in [-0.39, 0.29) is 30.2 Å². The van der Waals surface area contributed by atoms with Gasteiger partial charge in [0.1, 0.15) is 6.61 Å². The van der Waals surface area contributed by atoms with Crippen LogP contribution in [0.2, 0.25) is 0 Å². The molecule has 1 saturated heterocycles. The normalized spacial score (nSPS) is 27.3. The largest absolute Gasteiger partial charge is 0.509 e. The first-order valence-electron chi connectivity index (χ1n) is 9.64. The van der Waals surface area contributed by atoms with Gasteiger partial charge in [0.25, 0.3) is 5.90 Å². The van der Waals surface area contributed by atoms with E-state index in [9.17, 15) is 18.0 Å². The molecule has 0 radical (unpaired) electrons. The topological polar surface area (TPSA) is 66.4 Å². The summed E-state index contributed by atoms with van der Waals surface area (Å²) < 4.78 is 61.8. The van der Waals surface area contributed by atoms with Crippen molar-refractivity contribution in [3.63, 3.8) is 0 Å². The predicted molar refractivity (Wildman–Crippen MR) is 104 cm³/mol. The number of benzene rings is 1. The lowest BCUT2D eigenvalue weighted by molar-refractivity contribution is -0.253. The summed E-state index contributed by atoms with van der Waals surface area (Å²) >= 11 is 0. The molecule has 2 rings (SSSR count). The monoisotopic (exact) mass is 429 g/mol. The van der Waals surface area contributed by atoms with Crippen LogP contribution in [0.3, 0.4) is 0 Å². The first kappa shape index (κ1) is 23.7. The van der Waals surface area contributed by atoms with Gasteiger partial charge < -0.3 is 18.9 Å². The minimum Gasteiger partial charge on any atom is -0.440 e. The predicted octanol–water partition coefficient (Wildman–Crippen LogP) is 5.41. The summed E-state index contributed by atoms with van der Waals surface area (Å²) in [5.74, 6) is -1.92. The average molecular weight is 429 g/mol. The zero-order valence-corrected chi connectivity index (χ0v) is 17.1. The van der Waals surface area contributed by atoms with Gasteiger partial charge in [-0.3, -0.25) is 0 Å². The quantitative estimate of drug-likeness (QED) is 0.262. The zero-order valence-electron chi connectivity index (χ0n) is 17.1. The van der Waals surface area contributed by atoms with E-state index in [1.54, 1.807) is 25.1 Å². The van der Waals surface area contributed by atoms with Crippen LogP contribution in [-0.4, -0.2) is 43.3 Å². The van der Waals surface area contributed by atoms with Crippen molar-refractivity contribution in [1.29, 1.82) is 0 Å². The molecule has 6 nitrogen and oxygen atoms in total. The molecule has 0 aliphatic carbocycles. The van der Waals surface area contributed by atoms with Crippen LogP contribution in [0.5, 0.6) is 0 Å². The number of aliphatic imine (C=N–C) groups is 1. The molecule has 0 saturated carbocycles. The highest BCUT2D eigenvalue weighted by Gasteiger charge is 2.48. The molecule has 30 heavy (non-hydrogen) atoms. The average Bonchev–Trinajstić information content (AvgIpc) is 2.71. The molecule has 0 amide bonds. The molecule has 0 aromatic heterocycles. The van der Waals surface area contributed by atoms with E-state index in [1.165, 1.54) is 18.2 Å². The lowest BCUT2D eigenvalue weighted by Crippen LogP contribution is -2.53. The third-order valence-electron chi connectivity index (χ3n) is 4.92. The Morgan fingerprint density at radius 2 is 1.87 bits per heavy atom. The summed E-state index contributed by atoms with van der Waals surface area (Å²) in [6.45, 7) is 8.83. The SMILES string of the molecule is C=CCOC(=O)OC1[C@@H](O/C(=N/c2ccccc2)C(F)(F)F)OC(CC)[C@@H](C)[C@@H]1C. The highest BCUT2D eigenvalue weighted by atomic mass is 19.4. The Labute approximate surface area is 173 Å². The van der Waals surface area contributed by atoms with E-state index in [0.717, 1.165) is 0 Å². The van der Waals surface area contributed by atoms with Crippen molar-refractivity contribution in [2.75, 3.05) is 6.61 Å². The van der Waals surface area contributed by atoms with Gasteiger partial charge >= 0.3 is 12.3 Å². The van der Waals surface area contributed by atoms with Crippen molar-refractivity contribution in [3.8, 4) is 0 Å². The molecule has 166 valence electrons. The minimum absolute atomic E-state index is 0.0666. The number of halogens is 3. The van der Waals surface area contributed by atoms with Crippen molar-refractivity contribution in [1.82, 2.24) is 0 Å². The maximum Gasteiger partial charge on any atom is 0.509 e. The van der Waals surface area contributed by atoms with Gasteiger partial charge in [0, 0.05) is 5.92 Å². The number of rotatable bonds is 6. The number of ether oxygens (including phenoxy) is 4. The van der Waals surface area contributed by atoms with Crippen molar-refractivity contribution in [2.45, 2.75) is 51.9 Å². The highest BCUT2D eigenvalue weighted by molar-refractivity contribution is 5.84. The third kappa shape index (κ3) is 6.22. The molecule has 1 aliphatic heterocycles. The summed E-state index contributed by atoms with van der Waals surface area (Å²) in [5, 5.41) is 0. The van der Waals surface area contributed by atoms with E-state index in [2.05, 4.69) is 11.6 Å². The summed E-state index contributed by atoms with van der Waals surface area (Å²) in [6, 6.07) is 7.60. The van der Waals surface area contributed by atoms with Crippen LogP contribution in [0.25, 0.3) is 0 Å². The third-order valence-corrected chi connectivity index (χ3v) is 4.92. The Bertz CT molecular complexity index is 738. The van der Waals surface area contributed by atoms with Crippen molar-refractivity contribution >= 4 is 17.7 Å². The number of para-hydroxylation sites is 1. The number of hydrogen-bond acceptors (Lipinski definition) is 6. The fourth-order valence-electron chi connectivity index (χ4n) is 3.14. The second-order valence-corrected chi connectivity index (χ2v) is 6.97. The standard InChI is InChI=1S/C21H26F3NO5/c1-5-12-27-20(26)29-17-14(4)13(3)16(6-2)28-18(17)30-19(21(22,23)24)25-15-10-8-7-9-11-15/h5,7-11,13-14,16-18H,1,6,12H2,2-4H3/b25-19+/t13-,14-,16?,17?,18+/m0/s1. The van der Waals surface area contributed by atoms with E-state index in [1.807, 2.05) is 13.8 Å². The number of carbonyl (C=O) groups is 1. The van der Waals surface area contributed by atoms with E-state index in [0.29, 0.717) is 6.42 Å². The van der Waals surface area contributed by atoms with Crippen LogP contribution < -0.4 is 0 Å². The van der Waals surface area contributed by atoms with Crippen molar-refractivity contribution in [2.24, 2.45) is 16.8 Å². The highest BCUT2D eigenvalue weighted by Crippen LogP contribution is 2.36. The van der Waals surface area contributed by atoms with Gasteiger partial charge in [0.15, 0.2) is 6.10 Å². The molecule has 0 N–H and O–H groups in total. The fourth-order valence-corrected chi connectivity index (χ4v) is 3.14. The molecular weight excluding hydrogens is 403 g/mol. The second-order valence-electron chi connectivity index (χ2n) is 6.97. The van der Waals surface area contributed by atoms with Gasteiger partial charge in [0.05, 0.1) is 11.8 Å². The van der Waals surface area contributed by atoms with Crippen molar-refractivity contribution in [3.05, 3.63) is 43.0 Å². The summed E-state index contributed by atoms with van der Waals surface area (Å²) in [6.07, 6.45) is -7.01. The fraction of sp³-hybridized carbons (Fsp3) is 0.524. The van der Waals surface area contributed by atoms with Gasteiger partial charge in [-0.2, -0.15) is 13.2 Å². The lowest BCUT2D eigenvalue weighted by Gasteiger charge is -2.43. The van der Waals surface area contributed by atoms with Gasteiger partial charge in [-0.05, 0) is 24.5 Å². The van der Waals surface area contributed by atoms with E-state index >= 15 is 0 Å². The molecule has 9 heteroatoms. The van der Waals surface area contributed by atoms with Crippen LogP contribution in [0.15, 0.2) is 48.0 Å². The first-order chi connectivity index (χ1) is 14.2. The van der Waals surface area contributed by atoms with Crippen LogP contribution in [0.1, 0.15) is 27.2 Å². The Hall–Kier alpha value is -2.55. The van der Waals surface area contributed by atoms with Gasteiger partial charge in [-0.1, -0.05) is 51.6 Å². The zero-order chi connectivity index (χ0) is 22.3. The Morgan fingerprint density at radius 3 is 2.43 bits per heavy atom. The van der Waals surface area contributed by atoms with Gasteiger partial charge in [-0.25, -0.2) is 9.79 Å². The smallest absolute Gasteiger partial charge is 0.440 e. The Morgan fingerprint density at radius 1 is 1.20 bits per heavy atom. The first-order valence-corrected chi connectivity index (χ1v) is 9.64. The van der Waals surface area contributed by atoms with E-state index in [4.69, 9.17) is 18.9 Å².